The van der Waals surface area contributed by atoms with E-state index >= 15 is 0 Å². The third kappa shape index (κ3) is 8.52. The van der Waals surface area contributed by atoms with Crippen molar-refractivity contribution in [3.8, 4) is 0 Å². The van der Waals surface area contributed by atoms with Gasteiger partial charge in [0.1, 0.15) is 0 Å². The summed E-state index contributed by atoms with van der Waals surface area (Å²) in [6, 6.07) is 0. The van der Waals surface area contributed by atoms with Crippen LogP contribution in [0.25, 0.3) is 0 Å². The molecule has 0 aromatic carbocycles. The number of rotatable bonds is 9. The fraction of sp³-hybridized carbons (Fsp3) is 0.909. The molecule has 3 heteroatoms. The maximum Gasteiger partial charge on any atom is 0.222 e. The molecule has 0 saturated heterocycles. The highest BCUT2D eigenvalue weighted by atomic mass is 35.5. The van der Waals surface area contributed by atoms with Crippen molar-refractivity contribution in [2.75, 3.05) is 19.6 Å². The first-order valence-corrected chi connectivity index (χ1v) is 5.99. The van der Waals surface area contributed by atoms with Gasteiger partial charge >= 0.3 is 0 Å². The molecule has 84 valence electrons. The molecule has 0 amide bonds. The van der Waals surface area contributed by atoms with Gasteiger partial charge in [-0.25, -0.2) is 0 Å². The molecule has 0 aliphatic rings. The van der Waals surface area contributed by atoms with E-state index in [9.17, 15) is 4.79 Å². The zero-order chi connectivity index (χ0) is 10.8. The maximum atomic E-state index is 10.6. The van der Waals surface area contributed by atoms with E-state index in [0.717, 1.165) is 19.6 Å². The van der Waals surface area contributed by atoms with Gasteiger partial charge in [-0.05, 0) is 37.5 Å². The molecule has 0 bridgehead atoms. The topological polar surface area (TPSA) is 20.3 Å². The summed E-state index contributed by atoms with van der Waals surface area (Å²) in [4.78, 5) is 13.0. The number of carbonyl (C=O) groups excluding carboxylic acids is 1. The van der Waals surface area contributed by atoms with Crippen LogP contribution < -0.4 is 0 Å². The third-order valence-electron chi connectivity index (χ3n) is 2.28. The molecule has 0 aromatic rings. The molecule has 0 spiro atoms. The molecule has 0 fully saturated rings. The van der Waals surface area contributed by atoms with E-state index in [2.05, 4.69) is 18.7 Å². The predicted molar refractivity (Wildman–Crippen MR) is 61.7 cm³/mol. The molecule has 0 radical (unpaired) electrons. The Morgan fingerprint density at radius 3 is 1.93 bits per heavy atom. The molecule has 2 nitrogen and oxygen atoms in total. The van der Waals surface area contributed by atoms with Crippen LogP contribution in [0.3, 0.4) is 0 Å². The first-order valence-electron chi connectivity index (χ1n) is 5.61. The summed E-state index contributed by atoms with van der Waals surface area (Å²) in [5.41, 5.74) is 0. The second kappa shape index (κ2) is 9.47. The SMILES string of the molecule is CCCCN(CCCC)CCC(=O)Cl. The number of carbonyl (C=O) groups is 1. The summed E-state index contributed by atoms with van der Waals surface area (Å²) in [5.74, 6) is 0. The first kappa shape index (κ1) is 13.9. The largest absolute Gasteiger partial charge is 0.303 e. The van der Waals surface area contributed by atoms with Gasteiger partial charge in [-0.1, -0.05) is 26.7 Å². The van der Waals surface area contributed by atoms with Crippen molar-refractivity contribution in [3.05, 3.63) is 0 Å². The van der Waals surface area contributed by atoms with Crippen molar-refractivity contribution in [3.63, 3.8) is 0 Å². The summed E-state index contributed by atoms with van der Waals surface area (Å²) in [5, 5.41) is -0.219. The Hall–Kier alpha value is -0.0800. The van der Waals surface area contributed by atoms with E-state index < -0.39 is 0 Å². The highest BCUT2D eigenvalue weighted by Gasteiger charge is 2.05. The van der Waals surface area contributed by atoms with Gasteiger partial charge in [0.15, 0.2) is 0 Å². The van der Waals surface area contributed by atoms with Gasteiger partial charge in [0.2, 0.25) is 5.24 Å². The lowest BCUT2D eigenvalue weighted by molar-refractivity contribution is -0.112. The van der Waals surface area contributed by atoms with Gasteiger partial charge in [0.05, 0.1) is 0 Å². The van der Waals surface area contributed by atoms with Gasteiger partial charge in [-0.2, -0.15) is 0 Å². The highest BCUT2D eigenvalue weighted by Crippen LogP contribution is 2.01. The molecule has 14 heavy (non-hydrogen) atoms. The number of nitrogens with zero attached hydrogens (tertiary/aromatic N) is 1. The summed E-state index contributed by atoms with van der Waals surface area (Å²) in [6.07, 6.45) is 5.31. The van der Waals surface area contributed by atoms with Crippen LogP contribution in [0, 0.1) is 0 Å². The van der Waals surface area contributed by atoms with Crippen LogP contribution in [-0.2, 0) is 4.79 Å². The van der Waals surface area contributed by atoms with Crippen molar-refractivity contribution in [1.29, 1.82) is 0 Å². The van der Waals surface area contributed by atoms with Crippen LogP contribution in [-0.4, -0.2) is 29.8 Å². The Kier molecular flexibility index (Phi) is 9.42. The minimum Gasteiger partial charge on any atom is -0.303 e. The van der Waals surface area contributed by atoms with E-state index in [-0.39, 0.29) is 5.24 Å². The number of hydrogen-bond acceptors (Lipinski definition) is 2. The van der Waals surface area contributed by atoms with Crippen LogP contribution in [0.4, 0.5) is 0 Å². The molecule has 0 aliphatic carbocycles. The molecule has 0 aromatic heterocycles. The maximum absolute atomic E-state index is 10.6. The Labute approximate surface area is 92.6 Å². The molecule has 0 rings (SSSR count). The number of hydrogen-bond donors (Lipinski definition) is 0. The van der Waals surface area contributed by atoms with Gasteiger partial charge < -0.3 is 4.90 Å². The lowest BCUT2D eigenvalue weighted by Gasteiger charge is -2.20. The molecule has 0 saturated carbocycles. The highest BCUT2D eigenvalue weighted by molar-refractivity contribution is 6.63. The minimum absolute atomic E-state index is 0.219. The summed E-state index contributed by atoms with van der Waals surface area (Å²) in [6.45, 7) is 7.39. The van der Waals surface area contributed by atoms with Gasteiger partial charge in [0.25, 0.3) is 0 Å². The molecule has 0 aliphatic heterocycles. The second-order valence-electron chi connectivity index (χ2n) is 3.65. The second-order valence-corrected chi connectivity index (χ2v) is 4.08. The standard InChI is InChI=1S/C11H22ClNO/c1-3-5-8-13(9-6-4-2)10-7-11(12)14/h3-10H2,1-2H3. The van der Waals surface area contributed by atoms with Gasteiger partial charge in [-0.15, -0.1) is 0 Å². The average Bonchev–Trinajstić information content (AvgIpc) is 2.16. The Morgan fingerprint density at radius 2 is 1.57 bits per heavy atom. The van der Waals surface area contributed by atoms with E-state index in [0.29, 0.717) is 6.42 Å². The van der Waals surface area contributed by atoms with E-state index in [1.165, 1.54) is 25.7 Å². The molecular weight excluding hydrogens is 198 g/mol. The molecule has 0 N–H and O–H groups in total. The molecule has 0 unspecified atom stereocenters. The predicted octanol–water partition coefficient (Wildman–Crippen LogP) is 3.04. The van der Waals surface area contributed by atoms with Crippen LogP contribution >= 0.6 is 11.6 Å². The van der Waals surface area contributed by atoms with Gasteiger partial charge in [0, 0.05) is 13.0 Å². The Bertz CT molecular complexity index is 142. The van der Waals surface area contributed by atoms with Crippen LogP contribution in [0.5, 0.6) is 0 Å². The minimum atomic E-state index is -0.219. The van der Waals surface area contributed by atoms with Crippen molar-refractivity contribution in [1.82, 2.24) is 4.90 Å². The fourth-order valence-corrected chi connectivity index (χ4v) is 1.43. The van der Waals surface area contributed by atoms with Crippen molar-refractivity contribution in [2.24, 2.45) is 0 Å². The molecular formula is C11H22ClNO. The molecule has 0 heterocycles. The fourth-order valence-electron chi connectivity index (χ4n) is 1.34. The van der Waals surface area contributed by atoms with Crippen molar-refractivity contribution < 1.29 is 4.79 Å². The summed E-state index contributed by atoms with van der Waals surface area (Å²) >= 11 is 5.32. The monoisotopic (exact) mass is 219 g/mol. The molecule has 0 atom stereocenters. The number of halogens is 1. The smallest absolute Gasteiger partial charge is 0.222 e. The van der Waals surface area contributed by atoms with Crippen molar-refractivity contribution >= 4 is 16.8 Å². The van der Waals surface area contributed by atoms with Crippen LogP contribution in [0.1, 0.15) is 46.0 Å². The van der Waals surface area contributed by atoms with Crippen LogP contribution in [0.15, 0.2) is 0 Å². The quantitative estimate of drug-likeness (QED) is 0.556. The van der Waals surface area contributed by atoms with E-state index in [1.807, 2.05) is 0 Å². The summed E-state index contributed by atoms with van der Waals surface area (Å²) < 4.78 is 0. The van der Waals surface area contributed by atoms with Crippen molar-refractivity contribution in [2.45, 2.75) is 46.0 Å². The Morgan fingerprint density at radius 1 is 1.07 bits per heavy atom. The van der Waals surface area contributed by atoms with E-state index in [4.69, 9.17) is 11.6 Å². The normalized spacial score (nSPS) is 10.9. The average molecular weight is 220 g/mol. The lowest BCUT2D eigenvalue weighted by Crippen LogP contribution is -2.28. The van der Waals surface area contributed by atoms with E-state index in [1.54, 1.807) is 0 Å². The zero-order valence-electron chi connectivity index (χ0n) is 9.39. The lowest BCUT2D eigenvalue weighted by atomic mass is 10.2. The zero-order valence-corrected chi connectivity index (χ0v) is 10.1. The Balaban J connectivity index is 3.65. The number of unbranched alkanes of at least 4 members (excludes halogenated alkanes) is 2. The van der Waals surface area contributed by atoms with Gasteiger partial charge in [-0.3, -0.25) is 4.79 Å². The summed E-state index contributed by atoms with van der Waals surface area (Å²) in [7, 11) is 0. The van der Waals surface area contributed by atoms with Crippen LogP contribution in [0.2, 0.25) is 0 Å². The first-order chi connectivity index (χ1) is 6.70. The third-order valence-corrected chi connectivity index (χ3v) is 2.47.